The van der Waals surface area contributed by atoms with E-state index in [-0.39, 0.29) is 5.91 Å². The lowest BCUT2D eigenvalue weighted by atomic mass is 10.0. The standard InChI is InChI=1S/C26H35Cl2N5O/c1-19(2)16-30-26(34)21-15-24(28)25(29-17-21)33-13-11-32(12-14-33)23-7-9-31(10-8-23)18-20-3-5-22(27)6-4-20/h3-6,15,17,19,23H,7-14,16,18H2,1-2H3,(H,30,34). The Morgan fingerprint density at radius 1 is 1.06 bits per heavy atom. The molecule has 0 spiro atoms. The van der Waals surface area contributed by atoms with E-state index in [9.17, 15) is 4.79 Å². The van der Waals surface area contributed by atoms with E-state index in [2.05, 4.69) is 51.0 Å². The fraction of sp³-hybridized carbons (Fsp3) is 0.538. The summed E-state index contributed by atoms with van der Waals surface area (Å²) in [4.78, 5) is 24.3. The molecular weight excluding hydrogens is 469 g/mol. The second-order valence-electron chi connectivity index (χ2n) is 9.79. The van der Waals surface area contributed by atoms with Gasteiger partial charge in [0.15, 0.2) is 0 Å². The van der Waals surface area contributed by atoms with Crippen molar-refractivity contribution in [1.82, 2.24) is 20.1 Å². The number of carbonyl (C=O) groups is 1. The Kier molecular flexibility index (Phi) is 8.70. The van der Waals surface area contributed by atoms with Crippen molar-refractivity contribution in [3.05, 3.63) is 57.7 Å². The van der Waals surface area contributed by atoms with E-state index >= 15 is 0 Å². The van der Waals surface area contributed by atoms with Crippen LogP contribution in [0.5, 0.6) is 0 Å². The Balaban J connectivity index is 1.24. The number of benzene rings is 1. The largest absolute Gasteiger partial charge is 0.353 e. The number of hydrogen-bond donors (Lipinski definition) is 1. The molecule has 0 saturated carbocycles. The third-order valence-electron chi connectivity index (χ3n) is 6.76. The summed E-state index contributed by atoms with van der Waals surface area (Å²) >= 11 is 12.5. The lowest BCUT2D eigenvalue weighted by Gasteiger charge is -2.43. The molecule has 2 aliphatic heterocycles. The molecule has 0 atom stereocenters. The highest BCUT2D eigenvalue weighted by atomic mass is 35.5. The molecule has 4 rings (SSSR count). The monoisotopic (exact) mass is 503 g/mol. The van der Waals surface area contributed by atoms with Gasteiger partial charge in [0, 0.05) is 56.5 Å². The fourth-order valence-corrected chi connectivity index (χ4v) is 5.19. The number of piperidine rings is 1. The number of hydrogen-bond acceptors (Lipinski definition) is 5. The maximum Gasteiger partial charge on any atom is 0.252 e. The second-order valence-corrected chi connectivity index (χ2v) is 10.6. The van der Waals surface area contributed by atoms with Crippen molar-refractivity contribution < 1.29 is 4.79 Å². The number of likely N-dealkylation sites (tertiary alicyclic amines) is 1. The normalized spacial score (nSPS) is 18.4. The van der Waals surface area contributed by atoms with E-state index in [0.29, 0.717) is 29.1 Å². The topological polar surface area (TPSA) is 51.7 Å². The van der Waals surface area contributed by atoms with E-state index in [1.165, 1.54) is 18.4 Å². The van der Waals surface area contributed by atoms with E-state index in [4.69, 9.17) is 23.2 Å². The van der Waals surface area contributed by atoms with E-state index in [1.54, 1.807) is 12.3 Å². The quantitative estimate of drug-likeness (QED) is 0.599. The lowest BCUT2D eigenvalue weighted by molar-refractivity contribution is 0.0948. The summed E-state index contributed by atoms with van der Waals surface area (Å²) in [5.74, 6) is 1.06. The number of pyridine rings is 1. The molecule has 0 radical (unpaired) electrons. The van der Waals surface area contributed by atoms with Gasteiger partial charge in [-0.05, 0) is 55.6 Å². The maximum atomic E-state index is 12.3. The van der Waals surface area contributed by atoms with Crippen LogP contribution >= 0.6 is 23.2 Å². The van der Waals surface area contributed by atoms with Crippen molar-refractivity contribution in [2.75, 3.05) is 50.7 Å². The molecule has 6 nitrogen and oxygen atoms in total. The molecule has 0 bridgehead atoms. The van der Waals surface area contributed by atoms with Crippen molar-refractivity contribution in [3.8, 4) is 0 Å². The zero-order chi connectivity index (χ0) is 24.1. The first-order valence-corrected chi connectivity index (χ1v) is 13.0. The number of anilines is 1. The number of nitrogens with zero attached hydrogens (tertiary/aromatic N) is 4. The van der Waals surface area contributed by atoms with Gasteiger partial charge < -0.3 is 10.2 Å². The van der Waals surface area contributed by atoms with E-state index in [1.807, 2.05) is 12.1 Å². The van der Waals surface area contributed by atoms with Crippen LogP contribution in [0.4, 0.5) is 5.82 Å². The molecule has 2 aliphatic rings. The van der Waals surface area contributed by atoms with Crippen LogP contribution in [0.15, 0.2) is 36.5 Å². The molecule has 2 aromatic rings. The van der Waals surface area contributed by atoms with Crippen LogP contribution < -0.4 is 10.2 Å². The van der Waals surface area contributed by atoms with Crippen LogP contribution in [0.3, 0.4) is 0 Å². The number of piperazine rings is 1. The summed E-state index contributed by atoms with van der Waals surface area (Å²) in [6.07, 6.45) is 4.04. The fourth-order valence-electron chi connectivity index (χ4n) is 4.78. The number of carbonyl (C=O) groups excluding carboxylic acids is 1. The Morgan fingerprint density at radius 2 is 1.74 bits per heavy atom. The van der Waals surface area contributed by atoms with Gasteiger partial charge in [0.05, 0.1) is 10.6 Å². The number of halogens is 2. The van der Waals surface area contributed by atoms with Gasteiger partial charge in [-0.15, -0.1) is 0 Å². The van der Waals surface area contributed by atoms with Gasteiger partial charge in [0.1, 0.15) is 5.82 Å². The minimum Gasteiger partial charge on any atom is -0.353 e. The van der Waals surface area contributed by atoms with E-state index in [0.717, 1.165) is 56.7 Å². The smallest absolute Gasteiger partial charge is 0.252 e. The van der Waals surface area contributed by atoms with Crippen molar-refractivity contribution in [3.63, 3.8) is 0 Å². The number of nitrogens with one attached hydrogen (secondary N) is 1. The third kappa shape index (κ3) is 6.63. The molecule has 2 saturated heterocycles. The predicted molar refractivity (Wildman–Crippen MR) is 140 cm³/mol. The summed E-state index contributed by atoms with van der Waals surface area (Å²) < 4.78 is 0. The van der Waals surface area contributed by atoms with Crippen LogP contribution in [0.25, 0.3) is 0 Å². The molecule has 184 valence electrons. The molecule has 2 fully saturated rings. The summed E-state index contributed by atoms with van der Waals surface area (Å²) in [6.45, 7) is 11.8. The van der Waals surface area contributed by atoms with Gasteiger partial charge in [-0.3, -0.25) is 14.6 Å². The number of amides is 1. The van der Waals surface area contributed by atoms with E-state index < -0.39 is 0 Å². The van der Waals surface area contributed by atoms with Gasteiger partial charge in [0.25, 0.3) is 5.91 Å². The molecule has 1 aromatic carbocycles. The average Bonchev–Trinajstić information content (AvgIpc) is 2.84. The van der Waals surface area contributed by atoms with Crippen LogP contribution in [-0.4, -0.2) is 72.5 Å². The maximum absolute atomic E-state index is 12.3. The number of aromatic nitrogens is 1. The summed E-state index contributed by atoms with van der Waals surface area (Å²) in [5.41, 5.74) is 1.84. The Hall–Kier alpha value is -1.86. The van der Waals surface area contributed by atoms with Gasteiger partial charge in [-0.1, -0.05) is 49.2 Å². The van der Waals surface area contributed by atoms with Gasteiger partial charge in [-0.25, -0.2) is 4.98 Å². The van der Waals surface area contributed by atoms with Crippen molar-refractivity contribution in [1.29, 1.82) is 0 Å². The van der Waals surface area contributed by atoms with Crippen LogP contribution in [0, 0.1) is 5.92 Å². The van der Waals surface area contributed by atoms with Gasteiger partial charge in [-0.2, -0.15) is 0 Å². The first kappa shape index (κ1) is 25.2. The molecule has 8 heteroatoms. The molecule has 1 amide bonds. The Morgan fingerprint density at radius 3 is 2.35 bits per heavy atom. The third-order valence-corrected chi connectivity index (χ3v) is 7.29. The first-order chi connectivity index (χ1) is 16.4. The summed E-state index contributed by atoms with van der Waals surface area (Å²) in [5, 5.41) is 4.25. The van der Waals surface area contributed by atoms with Crippen LogP contribution in [0.2, 0.25) is 10.0 Å². The van der Waals surface area contributed by atoms with Crippen molar-refractivity contribution >= 4 is 34.9 Å². The minimum atomic E-state index is -0.123. The second kappa shape index (κ2) is 11.7. The van der Waals surface area contributed by atoms with Gasteiger partial charge >= 0.3 is 0 Å². The molecule has 1 aromatic heterocycles. The van der Waals surface area contributed by atoms with Gasteiger partial charge in [0.2, 0.25) is 0 Å². The Labute approximate surface area is 213 Å². The molecule has 0 aliphatic carbocycles. The highest BCUT2D eigenvalue weighted by Crippen LogP contribution is 2.27. The molecule has 1 N–H and O–H groups in total. The first-order valence-electron chi connectivity index (χ1n) is 12.3. The molecule has 0 unspecified atom stereocenters. The molecular formula is C26H35Cl2N5O. The van der Waals surface area contributed by atoms with Crippen molar-refractivity contribution in [2.45, 2.75) is 39.3 Å². The lowest BCUT2D eigenvalue weighted by Crippen LogP contribution is -2.53. The van der Waals surface area contributed by atoms with Crippen molar-refractivity contribution in [2.24, 2.45) is 5.92 Å². The Bertz CT molecular complexity index is 952. The SMILES string of the molecule is CC(C)CNC(=O)c1cnc(N2CCN(C3CCN(Cc4ccc(Cl)cc4)CC3)CC2)c(Cl)c1. The summed E-state index contributed by atoms with van der Waals surface area (Å²) in [6, 6.07) is 10.6. The zero-order valence-electron chi connectivity index (χ0n) is 20.1. The van der Waals surface area contributed by atoms with Crippen LogP contribution in [0.1, 0.15) is 42.6 Å². The molecule has 34 heavy (non-hydrogen) atoms. The number of rotatable bonds is 7. The minimum absolute atomic E-state index is 0.123. The zero-order valence-corrected chi connectivity index (χ0v) is 21.7. The average molecular weight is 505 g/mol. The highest BCUT2D eigenvalue weighted by Gasteiger charge is 2.28. The predicted octanol–water partition coefficient (Wildman–Crippen LogP) is 4.56. The summed E-state index contributed by atoms with van der Waals surface area (Å²) in [7, 11) is 0. The highest BCUT2D eigenvalue weighted by molar-refractivity contribution is 6.33. The van der Waals surface area contributed by atoms with Crippen LogP contribution in [-0.2, 0) is 6.54 Å². The molecule has 3 heterocycles.